The molecule has 2 rings (SSSR count). The highest BCUT2D eigenvalue weighted by molar-refractivity contribution is 5.00. The van der Waals surface area contributed by atoms with Crippen LogP contribution in [0.2, 0.25) is 0 Å². The van der Waals surface area contributed by atoms with Crippen molar-refractivity contribution in [2.45, 2.75) is 25.7 Å². The summed E-state index contributed by atoms with van der Waals surface area (Å²) in [4.78, 5) is 0. The Morgan fingerprint density at radius 1 is 0.933 bits per heavy atom. The van der Waals surface area contributed by atoms with E-state index in [0.29, 0.717) is 0 Å². The molecular formula is C14H22O. The molecule has 0 amide bonds. The van der Waals surface area contributed by atoms with E-state index in [2.05, 4.69) is 13.2 Å². The highest BCUT2D eigenvalue weighted by atomic mass is 16.5. The maximum absolute atomic E-state index is 5.60. The molecule has 0 N–H and O–H groups in total. The van der Waals surface area contributed by atoms with Crippen LogP contribution in [0.1, 0.15) is 25.7 Å². The molecule has 2 fully saturated rings. The monoisotopic (exact) mass is 206 g/mol. The molecule has 0 aromatic rings. The van der Waals surface area contributed by atoms with Gasteiger partial charge in [0.1, 0.15) is 0 Å². The standard InChI is InChI=1S/C14H22O/c1-3-5-7-11-12(8-6-4-2)14-10-15-9-13(11)14/h3-4,11-14H,1-2,5-10H2/t11-,12-,13-,14+/m0/s1. The third-order valence-electron chi connectivity index (χ3n) is 4.23. The summed E-state index contributed by atoms with van der Waals surface area (Å²) in [6.07, 6.45) is 9.06. The lowest BCUT2D eigenvalue weighted by Crippen LogP contribution is -2.45. The Hall–Kier alpha value is -0.560. The van der Waals surface area contributed by atoms with Crippen molar-refractivity contribution in [3.05, 3.63) is 25.3 Å². The minimum Gasteiger partial charge on any atom is -0.381 e. The summed E-state index contributed by atoms with van der Waals surface area (Å²) < 4.78 is 5.60. The minimum atomic E-state index is 0.861. The van der Waals surface area contributed by atoms with E-state index < -0.39 is 0 Å². The lowest BCUT2D eigenvalue weighted by molar-refractivity contribution is 0.00598. The van der Waals surface area contributed by atoms with E-state index in [1.807, 2.05) is 12.2 Å². The van der Waals surface area contributed by atoms with Crippen LogP contribution in [0.3, 0.4) is 0 Å². The Balaban J connectivity index is 1.87. The van der Waals surface area contributed by atoms with Gasteiger partial charge in [-0.2, -0.15) is 0 Å². The number of fused-ring (bicyclic) bond motifs is 1. The average molecular weight is 206 g/mol. The SMILES string of the molecule is C=CCC[C@H]1[C@H](CCC=C)[C@@H]2COC[C@H]12. The quantitative estimate of drug-likeness (QED) is 0.605. The number of hydrogen-bond donors (Lipinski definition) is 0. The molecule has 2 aliphatic rings. The topological polar surface area (TPSA) is 9.23 Å². The van der Waals surface area contributed by atoms with Gasteiger partial charge < -0.3 is 4.74 Å². The maximum Gasteiger partial charge on any atom is 0.0500 e. The molecule has 0 spiro atoms. The summed E-state index contributed by atoms with van der Waals surface area (Å²) in [7, 11) is 0. The van der Waals surface area contributed by atoms with Gasteiger partial charge in [0, 0.05) is 0 Å². The van der Waals surface area contributed by atoms with Crippen LogP contribution in [0.25, 0.3) is 0 Å². The molecule has 1 heteroatoms. The maximum atomic E-state index is 5.60. The van der Waals surface area contributed by atoms with Crippen LogP contribution in [0.15, 0.2) is 25.3 Å². The Kier molecular flexibility index (Phi) is 3.63. The summed E-state index contributed by atoms with van der Waals surface area (Å²) in [5.74, 6) is 3.52. The third kappa shape index (κ3) is 2.03. The van der Waals surface area contributed by atoms with Crippen LogP contribution < -0.4 is 0 Å². The fraction of sp³-hybridized carbons (Fsp3) is 0.714. The first-order valence-corrected chi connectivity index (χ1v) is 6.18. The summed E-state index contributed by atoms with van der Waals surface area (Å²) in [5.41, 5.74) is 0. The molecular weight excluding hydrogens is 184 g/mol. The van der Waals surface area contributed by atoms with Gasteiger partial charge in [-0.1, -0.05) is 12.2 Å². The van der Waals surface area contributed by atoms with E-state index in [0.717, 1.165) is 36.9 Å². The van der Waals surface area contributed by atoms with Crippen molar-refractivity contribution in [1.29, 1.82) is 0 Å². The summed E-state index contributed by atoms with van der Waals surface area (Å²) in [5, 5.41) is 0. The largest absolute Gasteiger partial charge is 0.381 e. The van der Waals surface area contributed by atoms with Gasteiger partial charge in [-0.25, -0.2) is 0 Å². The Morgan fingerprint density at radius 3 is 1.80 bits per heavy atom. The minimum absolute atomic E-state index is 0.861. The Bertz CT molecular complexity index is 209. The normalized spacial score (nSPS) is 38.1. The number of hydrogen-bond acceptors (Lipinski definition) is 1. The second-order valence-corrected chi connectivity index (χ2v) is 4.92. The molecule has 0 bridgehead atoms. The zero-order chi connectivity index (χ0) is 10.7. The lowest BCUT2D eigenvalue weighted by atomic mass is 9.55. The molecule has 4 atom stereocenters. The molecule has 1 aliphatic heterocycles. The summed E-state index contributed by atoms with van der Waals surface area (Å²) in [6.45, 7) is 9.65. The predicted molar refractivity (Wildman–Crippen MR) is 63.6 cm³/mol. The highest BCUT2D eigenvalue weighted by Crippen LogP contribution is 2.53. The van der Waals surface area contributed by atoms with E-state index in [9.17, 15) is 0 Å². The van der Waals surface area contributed by atoms with Crippen molar-refractivity contribution in [2.75, 3.05) is 13.2 Å². The molecule has 0 radical (unpaired) electrons. The fourth-order valence-electron chi connectivity index (χ4n) is 3.44. The van der Waals surface area contributed by atoms with E-state index in [1.54, 1.807) is 0 Å². The van der Waals surface area contributed by atoms with Crippen LogP contribution in [-0.2, 0) is 4.74 Å². The molecule has 1 saturated carbocycles. The molecule has 0 unspecified atom stereocenters. The van der Waals surface area contributed by atoms with E-state index in [1.165, 1.54) is 25.7 Å². The molecule has 1 aliphatic carbocycles. The highest BCUT2D eigenvalue weighted by Gasteiger charge is 2.51. The second-order valence-electron chi connectivity index (χ2n) is 4.92. The molecule has 15 heavy (non-hydrogen) atoms. The van der Waals surface area contributed by atoms with Crippen molar-refractivity contribution >= 4 is 0 Å². The van der Waals surface area contributed by atoms with Crippen LogP contribution >= 0.6 is 0 Å². The van der Waals surface area contributed by atoms with Crippen LogP contribution in [0, 0.1) is 23.7 Å². The Morgan fingerprint density at radius 2 is 1.40 bits per heavy atom. The van der Waals surface area contributed by atoms with E-state index in [4.69, 9.17) is 4.74 Å². The fourth-order valence-corrected chi connectivity index (χ4v) is 3.44. The van der Waals surface area contributed by atoms with Gasteiger partial charge >= 0.3 is 0 Å². The van der Waals surface area contributed by atoms with E-state index >= 15 is 0 Å². The van der Waals surface area contributed by atoms with Gasteiger partial charge in [0.25, 0.3) is 0 Å². The average Bonchev–Trinajstić information content (AvgIpc) is 2.64. The molecule has 0 aromatic heterocycles. The number of ether oxygens (including phenoxy) is 1. The summed E-state index contributed by atoms with van der Waals surface area (Å²) in [6, 6.07) is 0. The van der Waals surface area contributed by atoms with Gasteiger partial charge in [-0.15, -0.1) is 13.2 Å². The van der Waals surface area contributed by atoms with Gasteiger partial charge in [0.15, 0.2) is 0 Å². The van der Waals surface area contributed by atoms with Crippen LogP contribution in [0.4, 0.5) is 0 Å². The van der Waals surface area contributed by atoms with Crippen LogP contribution in [-0.4, -0.2) is 13.2 Å². The number of rotatable bonds is 6. The first-order chi connectivity index (χ1) is 7.38. The molecule has 0 aromatic carbocycles. The third-order valence-corrected chi connectivity index (χ3v) is 4.23. The van der Waals surface area contributed by atoms with Crippen molar-refractivity contribution in [2.24, 2.45) is 23.7 Å². The first-order valence-electron chi connectivity index (χ1n) is 6.18. The van der Waals surface area contributed by atoms with Crippen LogP contribution in [0.5, 0.6) is 0 Å². The van der Waals surface area contributed by atoms with Crippen molar-refractivity contribution < 1.29 is 4.74 Å². The Labute approximate surface area is 93.2 Å². The second kappa shape index (κ2) is 4.98. The predicted octanol–water partition coefficient (Wildman–Crippen LogP) is 3.43. The van der Waals surface area contributed by atoms with Gasteiger partial charge in [0.05, 0.1) is 13.2 Å². The zero-order valence-corrected chi connectivity index (χ0v) is 9.53. The van der Waals surface area contributed by atoms with E-state index in [-0.39, 0.29) is 0 Å². The molecule has 84 valence electrons. The van der Waals surface area contributed by atoms with Crippen molar-refractivity contribution in [1.82, 2.24) is 0 Å². The zero-order valence-electron chi connectivity index (χ0n) is 9.53. The number of allylic oxidation sites excluding steroid dienone is 2. The van der Waals surface area contributed by atoms with Gasteiger partial charge in [-0.05, 0) is 49.4 Å². The molecule has 1 saturated heterocycles. The molecule has 1 heterocycles. The van der Waals surface area contributed by atoms with Gasteiger partial charge in [-0.3, -0.25) is 0 Å². The lowest BCUT2D eigenvalue weighted by Gasteiger charge is -2.48. The first kappa shape index (κ1) is 10.9. The molecule has 1 nitrogen and oxygen atoms in total. The smallest absolute Gasteiger partial charge is 0.0500 e. The van der Waals surface area contributed by atoms with Crippen molar-refractivity contribution in [3.63, 3.8) is 0 Å². The summed E-state index contributed by atoms with van der Waals surface area (Å²) >= 11 is 0. The van der Waals surface area contributed by atoms with Gasteiger partial charge in [0.2, 0.25) is 0 Å². The van der Waals surface area contributed by atoms with Crippen molar-refractivity contribution in [3.8, 4) is 0 Å².